The Hall–Kier alpha value is -1.94. The van der Waals surface area contributed by atoms with E-state index >= 15 is 0 Å². The summed E-state index contributed by atoms with van der Waals surface area (Å²) in [6.45, 7) is 5.05. The zero-order valence-corrected chi connectivity index (χ0v) is 69.1. The molecule has 17 nitrogen and oxygen atoms in total. The highest BCUT2D eigenvalue weighted by molar-refractivity contribution is 7.47. The minimum absolute atomic E-state index is 0.109. The van der Waals surface area contributed by atoms with Gasteiger partial charge in [-0.2, -0.15) is 0 Å². The highest BCUT2D eigenvalue weighted by Gasteiger charge is 2.30. The third-order valence-electron chi connectivity index (χ3n) is 19.9. The van der Waals surface area contributed by atoms with Crippen molar-refractivity contribution in [1.82, 2.24) is 0 Å². The number of carbonyl (C=O) groups excluding carboxylic acids is 4. The number of rotatable bonds is 85. The molecule has 0 rings (SSSR count). The predicted octanol–water partition coefficient (Wildman–Crippen LogP) is 25.7. The first-order valence-corrected chi connectivity index (χ1v) is 46.8. The third kappa shape index (κ3) is 78.0. The van der Waals surface area contributed by atoms with Crippen molar-refractivity contribution < 1.29 is 80.2 Å². The molecule has 0 aliphatic carbocycles. The number of unbranched alkanes of at least 4 members (excludes halogenated alkanes) is 59. The Labute approximate surface area is 632 Å². The lowest BCUT2D eigenvalue weighted by Crippen LogP contribution is -2.30. The quantitative estimate of drug-likeness (QED) is 0.0222. The fourth-order valence-corrected chi connectivity index (χ4v) is 14.7. The number of phosphoric acid groups is 2. The van der Waals surface area contributed by atoms with Gasteiger partial charge in [-0.1, -0.05) is 407 Å². The minimum Gasteiger partial charge on any atom is -0.462 e. The number of phosphoric ester groups is 2. The van der Waals surface area contributed by atoms with Crippen LogP contribution in [0.15, 0.2) is 0 Å². The van der Waals surface area contributed by atoms with E-state index in [1.54, 1.807) is 0 Å². The second-order valence-corrected chi connectivity index (χ2v) is 33.1. The van der Waals surface area contributed by atoms with Crippen LogP contribution in [-0.4, -0.2) is 96.7 Å². The van der Waals surface area contributed by atoms with Crippen LogP contribution >= 0.6 is 15.6 Å². The molecule has 0 bridgehead atoms. The Morgan fingerprint density at radius 1 is 0.233 bits per heavy atom. The van der Waals surface area contributed by atoms with Gasteiger partial charge in [-0.15, -0.1) is 0 Å². The summed E-state index contributed by atoms with van der Waals surface area (Å²) in [6, 6.07) is 0. The van der Waals surface area contributed by atoms with Crippen molar-refractivity contribution >= 4 is 39.5 Å². The monoisotopic (exact) mass is 1510 g/mol. The van der Waals surface area contributed by atoms with E-state index in [2.05, 4.69) is 27.7 Å². The maximum Gasteiger partial charge on any atom is 0.472 e. The number of aliphatic hydroxyl groups excluding tert-OH is 1. The van der Waals surface area contributed by atoms with Gasteiger partial charge in [-0.3, -0.25) is 37.3 Å². The molecule has 0 amide bonds. The molecule has 0 aromatic carbocycles. The SMILES string of the molecule is CCCCCCCCCCCCCCCCCCCCCC(=O)O[C@H](COC(=O)CCCCCCCCCCCCCCCCCCCC)COP(=O)(O)OC[C@@H](O)COP(=O)(O)OC[C@@H](COC(=O)CCCCCCCCCCCCCC)OC(=O)CCCCCCCCCCCCCCCC. The highest BCUT2D eigenvalue weighted by Crippen LogP contribution is 2.45. The van der Waals surface area contributed by atoms with E-state index in [1.165, 1.54) is 289 Å². The Morgan fingerprint density at radius 3 is 0.573 bits per heavy atom. The van der Waals surface area contributed by atoms with E-state index in [-0.39, 0.29) is 25.7 Å². The first kappa shape index (κ1) is 101. The lowest BCUT2D eigenvalue weighted by Gasteiger charge is -2.21. The topological polar surface area (TPSA) is 237 Å². The van der Waals surface area contributed by atoms with Gasteiger partial charge >= 0.3 is 39.5 Å². The number of hydrogen-bond acceptors (Lipinski definition) is 15. The van der Waals surface area contributed by atoms with Gasteiger partial charge in [-0.25, -0.2) is 9.13 Å². The van der Waals surface area contributed by atoms with E-state index in [0.717, 1.165) is 89.9 Å². The molecule has 0 heterocycles. The third-order valence-corrected chi connectivity index (χ3v) is 21.8. The summed E-state index contributed by atoms with van der Waals surface area (Å²) in [6.07, 6.45) is 72.1. The van der Waals surface area contributed by atoms with Crippen molar-refractivity contribution in [3.05, 3.63) is 0 Å². The summed E-state index contributed by atoms with van der Waals surface area (Å²) >= 11 is 0. The summed E-state index contributed by atoms with van der Waals surface area (Å²) < 4.78 is 68.9. The Balaban J connectivity index is 5.24. The molecule has 612 valence electrons. The average molecular weight is 1510 g/mol. The lowest BCUT2D eigenvalue weighted by molar-refractivity contribution is -0.161. The van der Waals surface area contributed by atoms with Crippen molar-refractivity contribution in [2.75, 3.05) is 39.6 Å². The zero-order valence-electron chi connectivity index (χ0n) is 67.3. The molecule has 0 aliphatic heterocycles. The van der Waals surface area contributed by atoms with Crippen LogP contribution in [0.3, 0.4) is 0 Å². The number of esters is 4. The molecule has 0 saturated carbocycles. The van der Waals surface area contributed by atoms with Crippen molar-refractivity contribution in [2.45, 2.75) is 476 Å². The average Bonchev–Trinajstić information content (AvgIpc) is 0.972. The molecule has 0 radical (unpaired) electrons. The number of hydrogen-bond donors (Lipinski definition) is 3. The molecule has 2 unspecified atom stereocenters. The van der Waals surface area contributed by atoms with E-state index < -0.39 is 97.5 Å². The lowest BCUT2D eigenvalue weighted by atomic mass is 10.0. The van der Waals surface area contributed by atoms with Crippen molar-refractivity contribution in [3.8, 4) is 0 Å². The van der Waals surface area contributed by atoms with Gasteiger partial charge in [0.15, 0.2) is 12.2 Å². The first-order chi connectivity index (χ1) is 50.2. The number of carbonyl (C=O) groups is 4. The second-order valence-electron chi connectivity index (χ2n) is 30.2. The van der Waals surface area contributed by atoms with Gasteiger partial charge in [0.2, 0.25) is 0 Å². The largest absolute Gasteiger partial charge is 0.472 e. The molecular formula is C84H164O17P2. The first-order valence-electron chi connectivity index (χ1n) is 43.8. The molecule has 0 fully saturated rings. The van der Waals surface area contributed by atoms with Gasteiger partial charge in [0, 0.05) is 25.7 Å². The molecule has 19 heteroatoms. The van der Waals surface area contributed by atoms with Gasteiger partial charge < -0.3 is 33.8 Å². The van der Waals surface area contributed by atoms with Crippen LogP contribution in [0.1, 0.15) is 458 Å². The summed E-state index contributed by atoms with van der Waals surface area (Å²) in [5.74, 6) is -2.10. The Bertz CT molecular complexity index is 1950. The van der Waals surface area contributed by atoms with Crippen LogP contribution in [0.5, 0.6) is 0 Å². The number of ether oxygens (including phenoxy) is 4. The van der Waals surface area contributed by atoms with E-state index in [9.17, 15) is 43.2 Å². The summed E-state index contributed by atoms with van der Waals surface area (Å²) in [5, 5.41) is 10.7. The second kappa shape index (κ2) is 78.2. The van der Waals surface area contributed by atoms with Crippen LogP contribution in [0.4, 0.5) is 0 Å². The fourth-order valence-electron chi connectivity index (χ4n) is 13.2. The normalized spacial score (nSPS) is 13.7. The highest BCUT2D eigenvalue weighted by atomic mass is 31.2. The standard InChI is InChI=1S/C84H164O17P2/c1-5-9-13-17-21-25-29-33-36-38-40-42-44-47-51-55-59-63-67-71-84(89)101-80(75-95-82(87)69-65-61-57-53-49-46-43-41-39-37-34-30-26-22-18-14-10-6-2)77-99-103(92,93)97-73-78(85)72-96-102(90,91)98-76-79(74-94-81(86)68-64-60-56-52-48-32-28-24-20-16-12-8-4)100-83(88)70-66-62-58-54-50-45-35-31-27-23-19-15-11-7-3/h78-80,85H,5-77H2,1-4H3,(H,90,91)(H,92,93)/t78-,79+,80+/m0/s1. The van der Waals surface area contributed by atoms with E-state index in [4.69, 9.17) is 37.0 Å². The predicted molar refractivity (Wildman–Crippen MR) is 423 cm³/mol. The van der Waals surface area contributed by atoms with Crippen LogP contribution in [0, 0.1) is 0 Å². The summed E-state index contributed by atoms with van der Waals surface area (Å²) in [4.78, 5) is 73.2. The molecule has 0 aromatic heterocycles. The van der Waals surface area contributed by atoms with Crippen molar-refractivity contribution in [1.29, 1.82) is 0 Å². The Kier molecular flexibility index (Phi) is 76.7. The smallest absolute Gasteiger partial charge is 0.462 e. The number of aliphatic hydroxyl groups is 1. The van der Waals surface area contributed by atoms with Gasteiger partial charge in [0.05, 0.1) is 26.4 Å². The molecule has 103 heavy (non-hydrogen) atoms. The zero-order chi connectivity index (χ0) is 75.3. The van der Waals surface area contributed by atoms with Crippen LogP contribution in [0.25, 0.3) is 0 Å². The van der Waals surface area contributed by atoms with Crippen LogP contribution in [0.2, 0.25) is 0 Å². The maximum atomic E-state index is 13.1. The van der Waals surface area contributed by atoms with Gasteiger partial charge in [0.1, 0.15) is 19.3 Å². The maximum absolute atomic E-state index is 13.1. The molecule has 0 aliphatic rings. The molecule has 0 aromatic rings. The molecule has 3 N–H and O–H groups in total. The minimum atomic E-state index is -4.96. The van der Waals surface area contributed by atoms with Crippen molar-refractivity contribution in [3.63, 3.8) is 0 Å². The van der Waals surface area contributed by atoms with Gasteiger partial charge in [-0.05, 0) is 25.7 Å². The fraction of sp³-hybridized carbons (Fsp3) is 0.952. The molecule has 0 spiro atoms. The Morgan fingerprint density at radius 2 is 0.388 bits per heavy atom. The van der Waals surface area contributed by atoms with Crippen LogP contribution < -0.4 is 0 Å². The molecule has 5 atom stereocenters. The summed E-state index contributed by atoms with van der Waals surface area (Å²) in [7, 11) is -9.92. The molecular weight excluding hydrogens is 1340 g/mol. The summed E-state index contributed by atoms with van der Waals surface area (Å²) in [5.41, 5.74) is 0. The van der Waals surface area contributed by atoms with E-state index in [1.807, 2.05) is 0 Å². The van der Waals surface area contributed by atoms with Gasteiger partial charge in [0.25, 0.3) is 0 Å². The van der Waals surface area contributed by atoms with Crippen molar-refractivity contribution in [2.24, 2.45) is 0 Å². The van der Waals surface area contributed by atoms with Crippen LogP contribution in [-0.2, 0) is 65.4 Å². The van der Waals surface area contributed by atoms with E-state index in [0.29, 0.717) is 25.7 Å². The molecule has 0 saturated heterocycles.